The first-order valence-electron chi connectivity index (χ1n) is 6.27. The van der Waals surface area contributed by atoms with Crippen LogP contribution in [0.5, 0.6) is 0 Å². The van der Waals surface area contributed by atoms with Gasteiger partial charge in [-0.25, -0.2) is 12.8 Å². The number of sulfonamides is 1. The van der Waals surface area contributed by atoms with Gasteiger partial charge in [-0.1, -0.05) is 6.92 Å². The van der Waals surface area contributed by atoms with Crippen LogP contribution in [0, 0.1) is 11.7 Å². The third-order valence-electron chi connectivity index (χ3n) is 3.48. The summed E-state index contributed by atoms with van der Waals surface area (Å²) < 4.78 is 39.5. The number of nitrogens with zero attached hydrogens (tertiary/aromatic N) is 2. The van der Waals surface area contributed by atoms with Crippen LogP contribution in [0.15, 0.2) is 23.4 Å². The van der Waals surface area contributed by atoms with E-state index in [9.17, 15) is 12.8 Å². The highest BCUT2D eigenvalue weighted by Gasteiger charge is 2.35. The molecule has 2 heterocycles. The van der Waals surface area contributed by atoms with E-state index >= 15 is 0 Å². The van der Waals surface area contributed by atoms with Gasteiger partial charge >= 0.3 is 0 Å². The molecule has 2 N–H and O–H groups in total. The smallest absolute Gasteiger partial charge is 0.245 e. The molecule has 0 saturated carbocycles. The Morgan fingerprint density at radius 2 is 2.26 bits per heavy atom. The summed E-state index contributed by atoms with van der Waals surface area (Å²) >= 11 is 0. The molecule has 106 valence electrons. The maximum atomic E-state index is 13.1. The topological polar surface area (TPSA) is 76.3 Å². The first-order chi connectivity index (χ1) is 8.95. The molecule has 1 saturated heterocycles. The molecular formula is C12H18FN3O2S. The van der Waals surface area contributed by atoms with Crippen LogP contribution < -0.4 is 5.73 Å². The lowest BCUT2D eigenvalue weighted by Gasteiger charge is -2.36. The van der Waals surface area contributed by atoms with Crippen molar-refractivity contribution in [3.63, 3.8) is 0 Å². The van der Waals surface area contributed by atoms with Crippen LogP contribution in [0.25, 0.3) is 0 Å². The van der Waals surface area contributed by atoms with Gasteiger partial charge in [0.05, 0.1) is 6.20 Å². The molecule has 7 heteroatoms. The molecule has 1 fully saturated rings. The van der Waals surface area contributed by atoms with Crippen molar-refractivity contribution in [1.29, 1.82) is 0 Å². The van der Waals surface area contributed by atoms with Crippen molar-refractivity contribution in [2.24, 2.45) is 11.7 Å². The third kappa shape index (κ3) is 2.93. The molecule has 5 nitrogen and oxygen atoms in total. The summed E-state index contributed by atoms with van der Waals surface area (Å²) in [5, 5.41) is 0. The highest BCUT2D eigenvalue weighted by Crippen LogP contribution is 2.27. The minimum Gasteiger partial charge on any atom is -0.329 e. The predicted molar refractivity (Wildman–Crippen MR) is 69.3 cm³/mol. The van der Waals surface area contributed by atoms with Gasteiger partial charge in [-0.05, 0) is 24.8 Å². The molecule has 0 amide bonds. The number of rotatable bonds is 3. The van der Waals surface area contributed by atoms with E-state index in [2.05, 4.69) is 11.9 Å². The van der Waals surface area contributed by atoms with E-state index in [4.69, 9.17) is 5.73 Å². The zero-order valence-corrected chi connectivity index (χ0v) is 11.6. The minimum atomic E-state index is -3.72. The van der Waals surface area contributed by atoms with Gasteiger partial charge in [-0.2, -0.15) is 4.31 Å². The molecule has 2 unspecified atom stereocenters. The van der Waals surface area contributed by atoms with E-state index in [1.165, 1.54) is 10.5 Å². The maximum Gasteiger partial charge on any atom is 0.245 e. The van der Waals surface area contributed by atoms with Gasteiger partial charge in [0.2, 0.25) is 10.0 Å². The standard InChI is InChI=1S/C12H18FN3O2S/c1-9-2-3-16(11(4-9)6-14)19(17,18)12-5-10(13)7-15-8-12/h5,7-9,11H,2-4,6,14H2,1H3. The summed E-state index contributed by atoms with van der Waals surface area (Å²) in [5.41, 5.74) is 5.66. The van der Waals surface area contributed by atoms with Gasteiger partial charge in [-0.3, -0.25) is 4.98 Å². The molecule has 19 heavy (non-hydrogen) atoms. The molecular weight excluding hydrogens is 269 g/mol. The number of pyridine rings is 1. The molecule has 0 radical (unpaired) electrons. The lowest BCUT2D eigenvalue weighted by Crippen LogP contribution is -2.49. The van der Waals surface area contributed by atoms with Gasteiger partial charge in [0, 0.05) is 25.3 Å². The van der Waals surface area contributed by atoms with Crippen LogP contribution >= 0.6 is 0 Å². The second-order valence-corrected chi connectivity index (χ2v) is 6.86. The first kappa shape index (κ1) is 14.4. The van der Waals surface area contributed by atoms with Gasteiger partial charge in [0.15, 0.2) is 0 Å². The summed E-state index contributed by atoms with van der Waals surface area (Å²) in [5.74, 6) is -0.207. The molecule has 1 aromatic rings. The molecule has 0 bridgehead atoms. The highest BCUT2D eigenvalue weighted by molar-refractivity contribution is 7.89. The molecule has 0 aliphatic carbocycles. The number of hydrogen-bond donors (Lipinski definition) is 1. The second-order valence-electron chi connectivity index (χ2n) is 4.97. The zero-order valence-electron chi connectivity index (χ0n) is 10.8. The number of aromatic nitrogens is 1. The van der Waals surface area contributed by atoms with Crippen LogP contribution in [0.3, 0.4) is 0 Å². The molecule has 1 aliphatic heterocycles. The van der Waals surface area contributed by atoms with E-state index in [1.807, 2.05) is 0 Å². The SMILES string of the molecule is CC1CCN(S(=O)(=O)c2cncc(F)c2)C(CN)C1. The van der Waals surface area contributed by atoms with E-state index < -0.39 is 15.8 Å². The monoisotopic (exact) mass is 287 g/mol. The summed E-state index contributed by atoms with van der Waals surface area (Å²) in [6, 6.07) is 0.769. The molecule has 0 spiro atoms. The van der Waals surface area contributed by atoms with Crippen LogP contribution in [0.4, 0.5) is 4.39 Å². The summed E-state index contributed by atoms with van der Waals surface area (Å²) in [7, 11) is -3.72. The van der Waals surface area contributed by atoms with E-state index in [0.717, 1.165) is 25.1 Å². The summed E-state index contributed by atoms with van der Waals surface area (Å²) in [6.07, 6.45) is 3.68. The second kappa shape index (κ2) is 5.52. The number of nitrogens with two attached hydrogens (primary N) is 1. The maximum absolute atomic E-state index is 13.1. The van der Waals surface area contributed by atoms with Crippen molar-refractivity contribution in [3.8, 4) is 0 Å². The Morgan fingerprint density at radius 1 is 1.53 bits per heavy atom. The number of piperidine rings is 1. The molecule has 1 aliphatic rings. The Hall–Kier alpha value is -1.05. The molecule has 0 aromatic carbocycles. The molecule has 2 atom stereocenters. The van der Waals surface area contributed by atoms with Crippen molar-refractivity contribution < 1.29 is 12.8 Å². The zero-order chi connectivity index (χ0) is 14.0. The van der Waals surface area contributed by atoms with Crippen molar-refractivity contribution in [3.05, 3.63) is 24.3 Å². The third-order valence-corrected chi connectivity index (χ3v) is 5.40. The summed E-state index contributed by atoms with van der Waals surface area (Å²) in [4.78, 5) is 3.49. The van der Waals surface area contributed by atoms with Crippen molar-refractivity contribution >= 4 is 10.0 Å². The first-order valence-corrected chi connectivity index (χ1v) is 7.71. The predicted octanol–water partition coefficient (Wildman–Crippen LogP) is 0.969. The fourth-order valence-corrected chi connectivity index (χ4v) is 4.07. The Morgan fingerprint density at radius 3 is 2.89 bits per heavy atom. The van der Waals surface area contributed by atoms with E-state index in [1.54, 1.807) is 0 Å². The lowest BCUT2D eigenvalue weighted by molar-refractivity contribution is 0.211. The van der Waals surface area contributed by atoms with Crippen molar-refractivity contribution in [2.45, 2.75) is 30.7 Å². The Balaban J connectivity index is 2.33. The van der Waals surface area contributed by atoms with Crippen LogP contribution in [-0.2, 0) is 10.0 Å². The largest absolute Gasteiger partial charge is 0.329 e. The Labute approximate surface area is 112 Å². The van der Waals surface area contributed by atoms with Crippen LogP contribution in [0.2, 0.25) is 0 Å². The highest BCUT2D eigenvalue weighted by atomic mass is 32.2. The quantitative estimate of drug-likeness (QED) is 0.898. The fraction of sp³-hybridized carbons (Fsp3) is 0.583. The number of hydrogen-bond acceptors (Lipinski definition) is 4. The van der Waals surface area contributed by atoms with Crippen LogP contribution in [0.1, 0.15) is 19.8 Å². The number of halogens is 1. The van der Waals surface area contributed by atoms with E-state index in [-0.39, 0.29) is 17.5 Å². The van der Waals surface area contributed by atoms with Crippen molar-refractivity contribution in [1.82, 2.24) is 9.29 Å². The molecule has 1 aromatic heterocycles. The van der Waals surface area contributed by atoms with Gasteiger partial charge in [0.25, 0.3) is 0 Å². The Bertz CT molecular complexity index is 550. The minimum absolute atomic E-state index is 0.111. The average Bonchev–Trinajstić information content (AvgIpc) is 2.38. The summed E-state index contributed by atoms with van der Waals surface area (Å²) in [6.45, 7) is 2.77. The van der Waals surface area contributed by atoms with Gasteiger partial charge in [0.1, 0.15) is 10.7 Å². The van der Waals surface area contributed by atoms with Gasteiger partial charge < -0.3 is 5.73 Å². The average molecular weight is 287 g/mol. The van der Waals surface area contributed by atoms with E-state index in [0.29, 0.717) is 12.5 Å². The van der Waals surface area contributed by atoms with Crippen molar-refractivity contribution in [2.75, 3.05) is 13.1 Å². The van der Waals surface area contributed by atoms with Crippen LogP contribution in [-0.4, -0.2) is 36.8 Å². The Kier molecular flexibility index (Phi) is 4.17. The normalized spacial score (nSPS) is 25.4. The molecule has 2 rings (SSSR count). The van der Waals surface area contributed by atoms with Gasteiger partial charge in [-0.15, -0.1) is 0 Å². The fourth-order valence-electron chi connectivity index (χ4n) is 2.43. The lowest BCUT2D eigenvalue weighted by atomic mass is 9.94.